The molecule has 0 aliphatic heterocycles. The molecule has 0 atom stereocenters. The Morgan fingerprint density at radius 2 is 2.11 bits per heavy atom. The summed E-state index contributed by atoms with van der Waals surface area (Å²) in [5.74, 6) is -1.06. The molecule has 0 aliphatic carbocycles. The molecule has 2 N–H and O–H groups in total. The molecule has 0 spiro atoms. The Labute approximate surface area is 116 Å². The lowest BCUT2D eigenvalue weighted by Gasteiger charge is -2.09. The molecular formula is C11H14ClNO5S. The van der Waals surface area contributed by atoms with Crippen LogP contribution in [0.2, 0.25) is 5.02 Å². The molecule has 0 saturated heterocycles. The summed E-state index contributed by atoms with van der Waals surface area (Å²) in [4.78, 5) is 17.4. The maximum Gasteiger partial charge on any atom is 0.337 e. The largest absolute Gasteiger partial charge is 0.478 e. The molecule has 0 radical (unpaired) electrons. The summed E-state index contributed by atoms with van der Waals surface area (Å²) >= 11 is 5.70. The van der Waals surface area contributed by atoms with Crippen LogP contribution in [0.1, 0.15) is 24.2 Å². The van der Waals surface area contributed by atoms with Gasteiger partial charge in [-0.3, -0.25) is 4.84 Å². The topological polar surface area (TPSA) is 92.7 Å². The lowest BCUT2D eigenvalue weighted by atomic mass is 10.2. The Kier molecular flexibility index (Phi) is 5.30. The van der Waals surface area contributed by atoms with Gasteiger partial charge >= 0.3 is 5.97 Å². The lowest BCUT2D eigenvalue weighted by molar-refractivity contribution is 0.0696. The van der Waals surface area contributed by atoms with E-state index in [1.165, 1.54) is 0 Å². The first-order chi connectivity index (χ1) is 8.74. The number of sulfonamides is 1. The Morgan fingerprint density at radius 1 is 1.47 bits per heavy atom. The maximum atomic E-state index is 11.8. The number of benzene rings is 1. The second kappa shape index (κ2) is 6.33. The van der Waals surface area contributed by atoms with Crippen molar-refractivity contribution in [1.29, 1.82) is 0 Å². The molecule has 8 heteroatoms. The van der Waals surface area contributed by atoms with Crippen molar-refractivity contribution in [2.75, 3.05) is 6.61 Å². The molecule has 0 unspecified atom stereocenters. The molecule has 0 saturated carbocycles. The summed E-state index contributed by atoms with van der Waals surface area (Å²) in [5, 5.41) is 8.63. The summed E-state index contributed by atoms with van der Waals surface area (Å²) in [6, 6.07) is 3.34. The SMILES string of the molecule is CC(C)CONS(=O)(=O)c1ccc(C(=O)O)c(Cl)c1. The Morgan fingerprint density at radius 3 is 2.58 bits per heavy atom. The van der Waals surface area contributed by atoms with E-state index in [4.69, 9.17) is 21.5 Å². The third-order valence-electron chi connectivity index (χ3n) is 2.07. The van der Waals surface area contributed by atoms with Crippen LogP contribution in [0.25, 0.3) is 0 Å². The molecule has 0 aliphatic rings. The average Bonchev–Trinajstić information content (AvgIpc) is 2.27. The van der Waals surface area contributed by atoms with Crippen molar-refractivity contribution in [2.45, 2.75) is 18.7 Å². The quantitative estimate of drug-likeness (QED) is 0.783. The van der Waals surface area contributed by atoms with Crippen molar-refractivity contribution >= 4 is 27.6 Å². The zero-order chi connectivity index (χ0) is 14.6. The van der Waals surface area contributed by atoms with E-state index in [2.05, 4.69) is 0 Å². The molecule has 0 aromatic heterocycles. The molecule has 1 aromatic carbocycles. The zero-order valence-corrected chi connectivity index (χ0v) is 12.0. The minimum Gasteiger partial charge on any atom is -0.478 e. The van der Waals surface area contributed by atoms with Crippen LogP contribution in [0.5, 0.6) is 0 Å². The maximum absolute atomic E-state index is 11.8. The van der Waals surface area contributed by atoms with Gasteiger partial charge in [-0.2, -0.15) is 0 Å². The smallest absolute Gasteiger partial charge is 0.337 e. The van der Waals surface area contributed by atoms with Gasteiger partial charge in [-0.1, -0.05) is 30.3 Å². The average molecular weight is 308 g/mol. The number of hydrogen-bond acceptors (Lipinski definition) is 4. The van der Waals surface area contributed by atoms with Crippen molar-refractivity contribution in [1.82, 2.24) is 4.89 Å². The van der Waals surface area contributed by atoms with E-state index >= 15 is 0 Å². The van der Waals surface area contributed by atoms with E-state index in [0.29, 0.717) is 0 Å². The van der Waals surface area contributed by atoms with Crippen LogP contribution in [0.4, 0.5) is 0 Å². The van der Waals surface area contributed by atoms with E-state index in [1.54, 1.807) is 0 Å². The number of halogens is 1. The van der Waals surface area contributed by atoms with Crippen molar-refractivity contribution in [2.24, 2.45) is 5.92 Å². The summed E-state index contributed by atoms with van der Waals surface area (Å²) in [7, 11) is -3.87. The fourth-order valence-corrected chi connectivity index (χ4v) is 2.33. The van der Waals surface area contributed by atoms with E-state index in [-0.39, 0.29) is 28.0 Å². The van der Waals surface area contributed by atoms with Gasteiger partial charge in [-0.15, -0.1) is 0 Å². The molecular weight excluding hydrogens is 294 g/mol. The molecule has 0 fully saturated rings. The summed E-state index contributed by atoms with van der Waals surface area (Å²) in [6.45, 7) is 3.96. The van der Waals surface area contributed by atoms with E-state index < -0.39 is 16.0 Å². The Hall–Kier alpha value is -1.15. The third-order valence-corrected chi connectivity index (χ3v) is 3.59. The number of carbonyl (C=O) groups is 1. The molecule has 1 aromatic rings. The van der Waals surface area contributed by atoms with E-state index in [0.717, 1.165) is 18.2 Å². The van der Waals surface area contributed by atoms with Gasteiger partial charge in [0.05, 0.1) is 22.1 Å². The van der Waals surface area contributed by atoms with Crippen molar-refractivity contribution in [3.05, 3.63) is 28.8 Å². The fourth-order valence-electron chi connectivity index (χ4n) is 1.16. The molecule has 19 heavy (non-hydrogen) atoms. The fraction of sp³-hybridized carbons (Fsp3) is 0.364. The van der Waals surface area contributed by atoms with E-state index in [9.17, 15) is 13.2 Å². The monoisotopic (exact) mass is 307 g/mol. The predicted molar refractivity (Wildman–Crippen MR) is 69.5 cm³/mol. The van der Waals surface area contributed by atoms with Gasteiger partial charge in [-0.05, 0) is 24.1 Å². The van der Waals surface area contributed by atoms with Crippen molar-refractivity contribution < 1.29 is 23.2 Å². The summed E-state index contributed by atoms with van der Waals surface area (Å²) in [5.41, 5.74) is -0.163. The molecule has 1 rings (SSSR count). The highest BCUT2D eigenvalue weighted by atomic mass is 35.5. The standard InChI is InChI=1S/C11H14ClNO5S/c1-7(2)6-18-13-19(16,17)8-3-4-9(11(14)15)10(12)5-8/h3-5,7,13H,6H2,1-2H3,(H,14,15). The first kappa shape index (κ1) is 15.9. The minimum absolute atomic E-state index is 0.153. The third kappa shape index (κ3) is 4.46. The number of hydrogen-bond donors (Lipinski definition) is 2. The van der Waals surface area contributed by atoms with Gasteiger partial charge in [0.15, 0.2) is 0 Å². The number of carboxylic acid groups (broad SMARTS) is 1. The molecule has 0 bridgehead atoms. The first-order valence-corrected chi connectivity index (χ1v) is 7.26. The van der Waals surface area contributed by atoms with Gasteiger partial charge in [0.1, 0.15) is 0 Å². The minimum atomic E-state index is -3.87. The number of aromatic carboxylic acids is 1. The van der Waals surface area contributed by atoms with Gasteiger partial charge in [0.2, 0.25) is 0 Å². The Balaban J connectivity index is 2.90. The molecule has 0 amide bonds. The van der Waals surface area contributed by atoms with Crippen LogP contribution in [-0.2, 0) is 14.9 Å². The van der Waals surface area contributed by atoms with Crippen molar-refractivity contribution in [3.8, 4) is 0 Å². The summed E-state index contributed by atoms with van der Waals surface area (Å²) < 4.78 is 23.6. The van der Waals surface area contributed by atoms with Gasteiger partial charge in [0, 0.05) is 0 Å². The van der Waals surface area contributed by atoms with E-state index in [1.807, 2.05) is 18.7 Å². The van der Waals surface area contributed by atoms with Crippen LogP contribution in [-0.4, -0.2) is 26.1 Å². The van der Waals surface area contributed by atoms with Gasteiger partial charge < -0.3 is 5.11 Å². The number of carboxylic acids is 1. The Bertz CT molecular complexity index is 570. The van der Waals surface area contributed by atoms with Crippen LogP contribution < -0.4 is 4.89 Å². The molecule has 106 valence electrons. The van der Waals surface area contributed by atoms with Crippen LogP contribution >= 0.6 is 11.6 Å². The van der Waals surface area contributed by atoms with Crippen LogP contribution in [0.3, 0.4) is 0 Å². The van der Waals surface area contributed by atoms with Gasteiger partial charge in [0.25, 0.3) is 10.0 Å². The van der Waals surface area contributed by atoms with Crippen LogP contribution in [0.15, 0.2) is 23.1 Å². The lowest BCUT2D eigenvalue weighted by Crippen LogP contribution is -2.26. The molecule has 0 heterocycles. The highest BCUT2D eigenvalue weighted by Gasteiger charge is 2.18. The number of rotatable bonds is 6. The van der Waals surface area contributed by atoms with Crippen molar-refractivity contribution in [3.63, 3.8) is 0 Å². The second-order valence-corrected chi connectivity index (χ2v) is 6.29. The highest BCUT2D eigenvalue weighted by molar-refractivity contribution is 7.89. The second-order valence-electron chi connectivity index (χ2n) is 4.24. The zero-order valence-electron chi connectivity index (χ0n) is 10.4. The summed E-state index contributed by atoms with van der Waals surface area (Å²) in [6.07, 6.45) is 0. The molecule has 6 nitrogen and oxygen atoms in total. The first-order valence-electron chi connectivity index (χ1n) is 5.40. The predicted octanol–water partition coefficient (Wildman–Crippen LogP) is 1.90. The van der Waals surface area contributed by atoms with Gasteiger partial charge in [-0.25, -0.2) is 13.2 Å². The number of nitrogens with one attached hydrogen (secondary N) is 1. The van der Waals surface area contributed by atoms with Crippen LogP contribution in [0, 0.1) is 5.92 Å². The highest BCUT2D eigenvalue weighted by Crippen LogP contribution is 2.20. The normalized spacial score (nSPS) is 11.8.